The fraction of sp³-hybridized carbons (Fsp3) is 0.857. The number of amides is 1. The van der Waals surface area contributed by atoms with E-state index in [4.69, 9.17) is 4.74 Å². The van der Waals surface area contributed by atoms with Crippen molar-refractivity contribution in [3.8, 4) is 0 Å². The van der Waals surface area contributed by atoms with Crippen LogP contribution in [-0.4, -0.2) is 60.5 Å². The molecule has 1 aliphatic heterocycles. The molecule has 0 aromatic rings. The second-order valence-corrected chi connectivity index (χ2v) is 5.69. The first-order valence-electron chi connectivity index (χ1n) is 6.98. The molecule has 1 saturated heterocycles. The van der Waals surface area contributed by atoms with E-state index < -0.39 is 0 Å². The normalized spacial score (nSPS) is 19.9. The summed E-state index contributed by atoms with van der Waals surface area (Å²) in [6.07, 6.45) is 0.288. The number of ether oxygens (including phenoxy) is 1. The minimum Gasteiger partial charge on any atom is -0.469 e. The van der Waals surface area contributed by atoms with Crippen LogP contribution in [0.25, 0.3) is 0 Å². The monoisotopic (exact) mass is 270 g/mol. The molecule has 0 aliphatic carbocycles. The van der Waals surface area contributed by atoms with Crippen molar-refractivity contribution < 1.29 is 14.3 Å². The summed E-state index contributed by atoms with van der Waals surface area (Å²) in [6.45, 7) is 10.6. The minimum absolute atomic E-state index is 0.0582. The number of carbonyl (C=O) groups excluding carboxylic acids is 2. The molecule has 1 rings (SSSR count). The molecule has 110 valence electrons. The van der Waals surface area contributed by atoms with Gasteiger partial charge in [-0.05, 0) is 27.7 Å². The zero-order valence-corrected chi connectivity index (χ0v) is 12.7. The lowest BCUT2D eigenvalue weighted by Crippen LogP contribution is -2.43. The summed E-state index contributed by atoms with van der Waals surface area (Å²) in [5, 5.41) is 0. The third-order valence-electron chi connectivity index (χ3n) is 3.70. The molecule has 0 N–H and O–H groups in total. The molecule has 1 fully saturated rings. The van der Waals surface area contributed by atoms with Crippen LogP contribution in [0.2, 0.25) is 0 Å². The van der Waals surface area contributed by atoms with Gasteiger partial charge in [0, 0.05) is 38.1 Å². The molecular formula is C14H26N2O3. The van der Waals surface area contributed by atoms with Crippen molar-refractivity contribution in [2.75, 3.05) is 26.7 Å². The summed E-state index contributed by atoms with van der Waals surface area (Å²) in [5.41, 5.74) is 0. The molecule has 0 bridgehead atoms. The molecule has 0 radical (unpaired) electrons. The number of likely N-dealkylation sites (tertiary alicyclic amines) is 1. The number of esters is 1. The Morgan fingerprint density at radius 2 is 1.95 bits per heavy atom. The summed E-state index contributed by atoms with van der Waals surface area (Å²) in [5.74, 6) is -0.507. The third-order valence-corrected chi connectivity index (χ3v) is 3.70. The van der Waals surface area contributed by atoms with Crippen LogP contribution < -0.4 is 0 Å². The van der Waals surface area contributed by atoms with E-state index in [1.54, 1.807) is 4.90 Å². The van der Waals surface area contributed by atoms with Crippen LogP contribution in [0.5, 0.6) is 0 Å². The second-order valence-electron chi connectivity index (χ2n) is 5.69. The first kappa shape index (κ1) is 16.0. The number of rotatable bonds is 6. The van der Waals surface area contributed by atoms with E-state index >= 15 is 0 Å². The highest BCUT2D eigenvalue weighted by molar-refractivity contribution is 5.86. The van der Waals surface area contributed by atoms with E-state index in [1.165, 1.54) is 7.11 Å². The molecular weight excluding hydrogens is 244 g/mol. The predicted octanol–water partition coefficient (Wildman–Crippen LogP) is 1.13. The van der Waals surface area contributed by atoms with Gasteiger partial charge in [-0.25, -0.2) is 0 Å². The fourth-order valence-electron chi connectivity index (χ4n) is 2.66. The summed E-state index contributed by atoms with van der Waals surface area (Å²) in [6, 6.07) is 0.906. The Morgan fingerprint density at radius 3 is 2.42 bits per heavy atom. The van der Waals surface area contributed by atoms with Gasteiger partial charge in [0.25, 0.3) is 0 Å². The summed E-state index contributed by atoms with van der Waals surface area (Å²) >= 11 is 0. The van der Waals surface area contributed by atoms with Crippen LogP contribution in [0.4, 0.5) is 0 Å². The van der Waals surface area contributed by atoms with Crippen LogP contribution in [-0.2, 0) is 14.3 Å². The maximum absolute atomic E-state index is 11.9. The molecule has 19 heavy (non-hydrogen) atoms. The van der Waals surface area contributed by atoms with Gasteiger partial charge in [-0.15, -0.1) is 0 Å². The van der Waals surface area contributed by atoms with Crippen molar-refractivity contribution in [3.05, 3.63) is 0 Å². The van der Waals surface area contributed by atoms with Gasteiger partial charge in [0.2, 0.25) is 5.91 Å². The highest BCUT2D eigenvalue weighted by atomic mass is 16.5. The third kappa shape index (κ3) is 4.20. The number of nitrogens with zero attached hydrogens (tertiary/aromatic N) is 2. The molecule has 1 heterocycles. The summed E-state index contributed by atoms with van der Waals surface area (Å²) < 4.78 is 4.70. The van der Waals surface area contributed by atoms with E-state index in [9.17, 15) is 9.59 Å². The molecule has 0 saturated carbocycles. The number of carbonyl (C=O) groups is 2. The molecule has 0 spiro atoms. The first-order chi connectivity index (χ1) is 8.86. The van der Waals surface area contributed by atoms with E-state index in [0.29, 0.717) is 25.2 Å². The average Bonchev–Trinajstić information content (AvgIpc) is 2.69. The zero-order valence-electron chi connectivity index (χ0n) is 12.7. The maximum atomic E-state index is 11.9. The van der Waals surface area contributed by atoms with Gasteiger partial charge < -0.3 is 9.64 Å². The predicted molar refractivity (Wildman–Crippen MR) is 73.7 cm³/mol. The lowest BCUT2D eigenvalue weighted by molar-refractivity contribution is -0.145. The standard InChI is InChI=1S/C14H26N2O3/c1-10(2)16(11(3)4)7-6-15-9-12(8-13(15)17)14(18)19-5/h10-12H,6-9H2,1-5H3. The van der Waals surface area contributed by atoms with Crippen molar-refractivity contribution in [2.24, 2.45) is 5.92 Å². The molecule has 1 unspecified atom stereocenters. The summed E-state index contributed by atoms with van der Waals surface area (Å²) in [4.78, 5) is 27.4. The Morgan fingerprint density at radius 1 is 1.37 bits per heavy atom. The topological polar surface area (TPSA) is 49.9 Å². The van der Waals surface area contributed by atoms with E-state index in [0.717, 1.165) is 6.54 Å². The first-order valence-corrected chi connectivity index (χ1v) is 6.98. The molecule has 1 aliphatic rings. The number of hydrogen-bond donors (Lipinski definition) is 0. The van der Waals surface area contributed by atoms with Gasteiger partial charge >= 0.3 is 5.97 Å². The Bertz CT molecular complexity index is 321. The largest absolute Gasteiger partial charge is 0.469 e. The molecule has 0 aromatic carbocycles. The van der Waals surface area contributed by atoms with Crippen LogP contribution in [0, 0.1) is 5.92 Å². The average molecular weight is 270 g/mol. The molecule has 5 nitrogen and oxygen atoms in total. The Balaban J connectivity index is 2.50. The smallest absolute Gasteiger partial charge is 0.310 e. The van der Waals surface area contributed by atoms with E-state index in [-0.39, 0.29) is 24.2 Å². The fourth-order valence-corrected chi connectivity index (χ4v) is 2.66. The van der Waals surface area contributed by atoms with Crippen molar-refractivity contribution in [1.82, 2.24) is 9.80 Å². The Hall–Kier alpha value is -1.10. The molecule has 0 aromatic heterocycles. The van der Waals surface area contributed by atoms with Crippen molar-refractivity contribution in [2.45, 2.75) is 46.2 Å². The lowest BCUT2D eigenvalue weighted by atomic mass is 10.1. The lowest BCUT2D eigenvalue weighted by Gasteiger charge is -2.32. The maximum Gasteiger partial charge on any atom is 0.310 e. The van der Waals surface area contributed by atoms with Gasteiger partial charge in [0.1, 0.15) is 0 Å². The van der Waals surface area contributed by atoms with E-state index in [1.807, 2.05) is 0 Å². The van der Waals surface area contributed by atoms with Crippen molar-refractivity contribution in [3.63, 3.8) is 0 Å². The van der Waals surface area contributed by atoms with Gasteiger partial charge in [0.15, 0.2) is 0 Å². The zero-order chi connectivity index (χ0) is 14.6. The van der Waals surface area contributed by atoms with Gasteiger partial charge in [0.05, 0.1) is 13.0 Å². The molecule has 1 amide bonds. The van der Waals surface area contributed by atoms with Crippen molar-refractivity contribution in [1.29, 1.82) is 0 Å². The van der Waals surface area contributed by atoms with E-state index in [2.05, 4.69) is 32.6 Å². The van der Waals surface area contributed by atoms with Gasteiger partial charge in [-0.1, -0.05) is 0 Å². The van der Waals surface area contributed by atoms with Crippen molar-refractivity contribution >= 4 is 11.9 Å². The SMILES string of the molecule is COC(=O)C1CC(=O)N(CCN(C(C)C)C(C)C)C1. The van der Waals surface area contributed by atoms with Crippen LogP contribution in [0.1, 0.15) is 34.1 Å². The van der Waals surface area contributed by atoms with Crippen LogP contribution >= 0.6 is 0 Å². The summed E-state index contributed by atoms with van der Waals surface area (Å²) in [7, 11) is 1.37. The quantitative estimate of drug-likeness (QED) is 0.679. The number of methoxy groups -OCH3 is 1. The van der Waals surface area contributed by atoms with Crippen LogP contribution in [0.15, 0.2) is 0 Å². The highest BCUT2D eigenvalue weighted by Gasteiger charge is 2.35. The van der Waals surface area contributed by atoms with Crippen LogP contribution in [0.3, 0.4) is 0 Å². The Kier molecular flexibility index (Phi) is 5.79. The molecule has 1 atom stereocenters. The highest BCUT2D eigenvalue weighted by Crippen LogP contribution is 2.19. The minimum atomic E-state index is -0.288. The van der Waals surface area contributed by atoms with Gasteiger partial charge in [-0.2, -0.15) is 0 Å². The molecule has 5 heteroatoms. The number of hydrogen-bond acceptors (Lipinski definition) is 4. The Labute approximate surface area is 115 Å². The second kappa shape index (κ2) is 6.89. The van der Waals surface area contributed by atoms with Gasteiger partial charge in [-0.3, -0.25) is 14.5 Å².